The number of rotatable bonds is 6. The van der Waals surface area contributed by atoms with E-state index in [1.54, 1.807) is 12.0 Å². The third-order valence-corrected chi connectivity index (χ3v) is 5.53. The van der Waals surface area contributed by atoms with Gasteiger partial charge in [-0.25, -0.2) is 4.79 Å². The Kier molecular flexibility index (Phi) is 6.00. The molecule has 1 aliphatic rings. The minimum absolute atomic E-state index is 0.285. The molecule has 25 heavy (non-hydrogen) atoms. The second-order valence-corrected chi connectivity index (χ2v) is 8.69. The highest BCUT2D eigenvalue weighted by Gasteiger charge is 2.53. The van der Waals surface area contributed by atoms with Gasteiger partial charge in [-0.1, -0.05) is 34.1 Å². The van der Waals surface area contributed by atoms with Gasteiger partial charge in [0.1, 0.15) is 0 Å². The molecule has 4 nitrogen and oxygen atoms in total. The van der Waals surface area contributed by atoms with E-state index in [9.17, 15) is 9.90 Å². The first-order valence-corrected chi connectivity index (χ1v) is 9.38. The zero-order valence-electron chi connectivity index (χ0n) is 15.7. The molecule has 1 aromatic carbocycles. The van der Waals surface area contributed by atoms with Crippen LogP contribution in [0.2, 0.25) is 0 Å². The highest BCUT2D eigenvalue weighted by Crippen LogP contribution is 2.48. The van der Waals surface area contributed by atoms with Crippen LogP contribution < -0.4 is 0 Å². The number of methoxy groups -OCH3 is 1. The summed E-state index contributed by atoms with van der Waals surface area (Å²) in [4.78, 5) is 13.5. The van der Waals surface area contributed by atoms with Gasteiger partial charge in [-0.2, -0.15) is 0 Å². The molecule has 1 aromatic rings. The van der Waals surface area contributed by atoms with Crippen molar-refractivity contribution in [1.82, 2.24) is 4.90 Å². The van der Waals surface area contributed by atoms with Crippen LogP contribution >= 0.6 is 15.9 Å². The Morgan fingerprint density at radius 1 is 1.40 bits per heavy atom. The fourth-order valence-corrected chi connectivity index (χ4v) is 4.03. The van der Waals surface area contributed by atoms with Crippen LogP contribution in [0.25, 0.3) is 6.08 Å². The zero-order valence-corrected chi connectivity index (χ0v) is 17.3. The van der Waals surface area contributed by atoms with Gasteiger partial charge < -0.3 is 9.84 Å². The minimum Gasteiger partial charge on any atom is -0.465 e. The molecule has 0 radical (unpaired) electrons. The van der Waals surface area contributed by atoms with Crippen molar-refractivity contribution in [3.63, 3.8) is 0 Å². The van der Waals surface area contributed by atoms with E-state index in [1.165, 1.54) is 5.56 Å². The molecule has 1 amide bonds. The Morgan fingerprint density at radius 2 is 2.04 bits per heavy atom. The standard InChI is InChI=1S/C20H28BrNO3/c1-14-16(7-6-10-25-5)11-15(12-17(14)21)13-20(8-9-20)22(18(23)24)19(2,3)4/h6-7,11-12H,8-10,13H2,1-5H3,(H,23,24)/b7-6+. The lowest BCUT2D eigenvalue weighted by Gasteiger charge is -2.40. The molecule has 138 valence electrons. The molecule has 1 aliphatic carbocycles. The van der Waals surface area contributed by atoms with Crippen molar-refractivity contribution in [1.29, 1.82) is 0 Å². The molecular formula is C20H28BrNO3. The maximum Gasteiger partial charge on any atom is 0.408 e. The second-order valence-electron chi connectivity index (χ2n) is 7.84. The van der Waals surface area contributed by atoms with E-state index < -0.39 is 11.6 Å². The summed E-state index contributed by atoms with van der Waals surface area (Å²) in [7, 11) is 1.67. The summed E-state index contributed by atoms with van der Waals surface area (Å²) in [6.07, 6.45) is 5.78. The fraction of sp³-hybridized carbons (Fsp3) is 0.550. The topological polar surface area (TPSA) is 49.8 Å². The first-order chi connectivity index (χ1) is 11.6. The third kappa shape index (κ3) is 4.64. The Hall–Kier alpha value is -1.33. The highest BCUT2D eigenvalue weighted by molar-refractivity contribution is 9.10. The molecule has 0 unspecified atom stereocenters. The van der Waals surface area contributed by atoms with Gasteiger partial charge in [-0.15, -0.1) is 0 Å². The average Bonchev–Trinajstić information content (AvgIpc) is 3.21. The van der Waals surface area contributed by atoms with Crippen molar-refractivity contribution in [3.05, 3.63) is 39.4 Å². The van der Waals surface area contributed by atoms with Crippen LogP contribution in [0.15, 0.2) is 22.7 Å². The molecule has 1 fully saturated rings. The number of hydrogen-bond donors (Lipinski definition) is 1. The molecule has 1 N–H and O–H groups in total. The van der Waals surface area contributed by atoms with Gasteiger partial charge in [-0.05, 0) is 69.7 Å². The lowest BCUT2D eigenvalue weighted by atomic mass is 9.94. The maximum atomic E-state index is 11.9. The van der Waals surface area contributed by atoms with E-state index in [4.69, 9.17) is 4.74 Å². The molecule has 0 heterocycles. The summed E-state index contributed by atoms with van der Waals surface area (Å²) in [6, 6.07) is 4.28. The van der Waals surface area contributed by atoms with E-state index >= 15 is 0 Å². The summed E-state index contributed by atoms with van der Waals surface area (Å²) in [5, 5.41) is 9.75. The monoisotopic (exact) mass is 409 g/mol. The van der Waals surface area contributed by atoms with Gasteiger partial charge in [0.15, 0.2) is 0 Å². The van der Waals surface area contributed by atoms with Gasteiger partial charge in [0.05, 0.1) is 12.1 Å². The second kappa shape index (κ2) is 7.50. The van der Waals surface area contributed by atoms with Crippen molar-refractivity contribution in [3.8, 4) is 0 Å². The number of carboxylic acid groups (broad SMARTS) is 1. The number of carbonyl (C=O) groups is 1. The maximum absolute atomic E-state index is 11.9. The Labute approximate surface area is 159 Å². The lowest BCUT2D eigenvalue weighted by molar-refractivity contribution is 0.0606. The third-order valence-electron chi connectivity index (χ3n) is 4.70. The summed E-state index contributed by atoms with van der Waals surface area (Å²) in [6.45, 7) is 8.54. The number of hydrogen-bond acceptors (Lipinski definition) is 2. The van der Waals surface area contributed by atoms with Gasteiger partial charge in [0, 0.05) is 17.1 Å². The number of halogens is 1. The van der Waals surface area contributed by atoms with Crippen LogP contribution in [0.3, 0.4) is 0 Å². The number of amides is 1. The van der Waals surface area contributed by atoms with E-state index in [-0.39, 0.29) is 5.54 Å². The summed E-state index contributed by atoms with van der Waals surface area (Å²) in [5.74, 6) is 0. The first-order valence-electron chi connectivity index (χ1n) is 8.58. The van der Waals surface area contributed by atoms with Crippen LogP contribution in [0.5, 0.6) is 0 Å². The molecule has 0 atom stereocenters. The van der Waals surface area contributed by atoms with Gasteiger partial charge in [0.2, 0.25) is 0 Å². The van der Waals surface area contributed by atoms with Crippen molar-refractivity contribution in [2.24, 2.45) is 0 Å². The lowest BCUT2D eigenvalue weighted by Crippen LogP contribution is -2.53. The Balaban J connectivity index is 2.32. The number of benzene rings is 1. The zero-order chi connectivity index (χ0) is 18.8. The highest BCUT2D eigenvalue weighted by atomic mass is 79.9. The molecule has 1 saturated carbocycles. The molecule has 2 rings (SSSR count). The molecule has 0 saturated heterocycles. The summed E-state index contributed by atoms with van der Waals surface area (Å²) < 4.78 is 6.13. The van der Waals surface area contributed by atoms with Gasteiger partial charge >= 0.3 is 6.09 Å². The Bertz CT molecular complexity index is 672. The van der Waals surface area contributed by atoms with Crippen molar-refractivity contribution in [2.45, 2.75) is 58.0 Å². The fourth-order valence-electron chi connectivity index (χ4n) is 3.51. The number of ether oxygens (including phenoxy) is 1. The summed E-state index contributed by atoms with van der Waals surface area (Å²) >= 11 is 3.64. The molecule has 0 aliphatic heterocycles. The van der Waals surface area contributed by atoms with Gasteiger partial charge in [0.25, 0.3) is 0 Å². The van der Waals surface area contributed by atoms with Crippen LogP contribution in [-0.2, 0) is 11.2 Å². The molecular weight excluding hydrogens is 382 g/mol. The van der Waals surface area contributed by atoms with Crippen LogP contribution in [0.4, 0.5) is 4.79 Å². The summed E-state index contributed by atoms with van der Waals surface area (Å²) in [5.41, 5.74) is 2.77. The molecule has 0 spiro atoms. The normalized spacial score (nSPS) is 16.2. The van der Waals surface area contributed by atoms with Crippen molar-refractivity contribution < 1.29 is 14.6 Å². The smallest absolute Gasteiger partial charge is 0.408 e. The molecule has 5 heteroatoms. The van der Waals surface area contributed by atoms with E-state index in [0.29, 0.717) is 6.61 Å². The molecule has 0 bridgehead atoms. The largest absolute Gasteiger partial charge is 0.465 e. The number of nitrogens with zero attached hydrogens (tertiary/aromatic N) is 1. The van der Waals surface area contributed by atoms with E-state index in [1.807, 2.05) is 26.8 Å². The minimum atomic E-state index is -0.837. The predicted molar refractivity (Wildman–Crippen MR) is 105 cm³/mol. The van der Waals surface area contributed by atoms with Crippen molar-refractivity contribution >= 4 is 28.1 Å². The van der Waals surface area contributed by atoms with E-state index in [2.05, 4.69) is 41.1 Å². The quantitative estimate of drug-likeness (QED) is 0.695. The Morgan fingerprint density at radius 3 is 2.52 bits per heavy atom. The van der Waals surface area contributed by atoms with E-state index in [0.717, 1.165) is 34.9 Å². The predicted octanol–water partition coefficient (Wildman–Crippen LogP) is 5.27. The average molecular weight is 410 g/mol. The SMILES string of the molecule is COC/C=C/c1cc(CC2(N(C(=O)O)C(C)(C)C)CC2)cc(Br)c1C. The van der Waals surface area contributed by atoms with Crippen LogP contribution in [0, 0.1) is 6.92 Å². The van der Waals surface area contributed by atoms with Gasteiger partial charge in [-0.3, -0.25) is 4.90 Å². The van der Waals surface area contributed by atoms with Crippen LogP contribution in [0.1, 0.15) is 50.3 Å². The molecule has 0 aromatic heterocycles. The first kappa shape index (κ1) is 20.0. The van der Waals surface area contributed by atoms with Crippen LogP contribution in [-0.4, -0.2) is 40.9 Å². The van der Waals surface area contributed by atoms with Crippen molar-refractivity contribution in [2.75, 3.05) is 13.7 Å².